The van der Waals surface area contributed by atoms with Gasteiger partial charge < -0.3 is 9.84 Å². The number of non-ortho nitro benzene ring substituents is 1. The van der Waals surface area contributed by atoms with Crippen molar-refractivity contribution in [3.05, 3.63) is 39.9 Å². The number of hydrogen-bond acceptors (Lipinski definition) is 8. The number of hydrazone groups is 1. The van der Waals surface area contributed by atoms with Crippen molar-refractivity contribution in [2.24, 2.45) is 5.10 Å². The van der Waals surface area contributed by atoms with Crippen molar-refractivity contribution in [2.45, 2.75) is 31.4 Å². The Morgan fingerprint density at radius 1 is 1.42 bits per heavy atom. The summed E-state index contributed by atoms with van der Waals surface area (Å²) < 4.78 is 5.01. The maximum Gasteiger partial charge on any atom is 0.331 e. The smallest absolute Gasteiger partial charge is 0.331 e. The number of nitro benzene ring substituents is 1. The zero-order chi connectivity index (χ0) is 19.5. The average molecular weight is 428 g/mol. The summed E-state index contributed by atoms with van der Waals surface area (Å²) >= 11 is 3.08. The molecule has 1 aliphatic heterocycles. The highest BCUT2D eigenvalue weighted by Gasteiger charge is 2.46. The quantitative estimate of drug-likeness (QED) is 0.290. The van der Waals surface area contributed by atoms with Crippen molar-refractivity contribution in [2.75, 3.05) is 11.9 Å². The van der Waals surface area contributed by atoms with Gasteiger partial charge in [-0.1, -0.05) is 28.1 Å². The number of carbonyl (C=O) groups excluding carboxylic acids is 2. The first-order chi connectivity index (χ1) is 12.2. The Morgan fingerprint density at radius 3 is 2.54 bits per heavy atom. The summed E-state index contributed by atoms with van der Waals surface area (Å²) in [6, 6.07) is 4.49. The van der Waals surface area contributed by atoms with E-state index in [1.54, 1.807) is 6.92 Å². The molecule has 10 heteroatoms. The number of halogens is 1. The van der Waals surface area contributed by atoms with E-state index >= 15 is 0 Å². The number of ether oxygens (including phenoxy) is 1. The average Bonchev–Trinajstić information content (AvgIpc) is 3.06. The molecule has 3 atom stereocenters. The molecule has 0 bridgehead atoms. The summed E-state index contributed by atoms with van der Waals surface area (Å²) in [5.41, 5.74) is 1.17. The molecule has 140 valence electrons. The Bertz CT molecular complexity index is 747. The van der Waals surface area contributed by atoms with Gasteiger partial charge in [-0.15, -0.1) is 0 Å². The number of alkyl halides is 1. The molecular weight excluding hydrogens is 410 g/mol. The van der Waals surface area contributed by atoms with Crippen LogP contribution in [0, 0.1) is 10.1 Å². The van der Waals surface area contributed by atoms with Crippen molar-refractivity contribution in [3.8, 4) is 0 Å². The van der Waals surface area contributed by atoms with Gasteiger partial charge in [-0.3, -0.25) is 20.3 Å². The number of nitro groups is 1. The van der Waals surface area contributed by atoms with Crippen LogP contribution in [0.5, 0.6) is 0 Å². The summed E-state index contributed by atoms with van der Waals surface area (Å²) in [7, 11) is 0. The number of nitrogens with one attached hydrogen (secondary N) is 1. The molecular formula is C16H18BrN3O6. The zero-order valence-corrected chi connectivity index (χ0v) is 15.7. The zero-order valence-electron chi connectivity index (χ0n) is 14.1. The molecule has 1 heterocycles. The van der Waals surface area contributed by atoms with E-state index in [2.05, 4.69) is 26.5 Å². The number of carbonyl (C=O) groups is 2. The lowest BCUT2D eigenvalue weighted by atomic mass is 9.83. The fourth-order valence-corrected chi connectivity index (χ4v) is 2.80. The molecule has 1 aromatic carbocycles. The van der Waals surface area contributed by atoms with E-state index in [4.69, 9.17) is 4.74 Å². The molecule has 0 amide bonds. The predicted octanol–water partition coefficient (Wildman–Crippen LogP) is 1.28. The number of esters is 1. The Hall–Kier alpha value is -2.33. The van der Waals surface area contributed by atoms with Crippen LogP contribution >= 0.6 is 15.9 Å². The Kier molecular flexibility index (Phi) is 6.09. The van der Waals surface area contributed by atoms with Crippen molar-refractivity contribution in [3.63, 3.8) is 0 Å². The molecule has 0 saturated carbocycles. The molecule has 1 aromatic rings. The van der Waals surface area contributed by atoms with Gasteiger partial charge >= 0.3 is 5.97 Å². The SMILES string of the molecule is CCOC(=O)[C@H]1NN=C(C(=O)[C@](C)(O)CBr)[C@@H]1c1ccc([N+](=O)[O-])cc1. The second-order valence-corrected chi connectivity index (χ2v) is 6.48. The van der Waals surface area contributed by atoms with E-state index in [1.165, 1.54) is 31.2 Å². The second kappa shape index (κ2) is 7.92. The van der Waals surface area contributed by atoms with Crippen molar-refractivity contribution in [1.82, 2.24) is 5.43 Å². The summed E-state index contributed by atoms with van der Waals surface area (Å²) in [4.78, 5) is 35.2. The van der Waals surface area contributed by atoms with Gasteiger partial charge in [-0.05, 0) is 19.4 Å². The van der Waals surface area contributed by atoms with Gasteiger partial charge in [0.15, 0.2) is 6.04 Å². The highest BCUT2D eigenvalue weighted by molar-refractivity contribution is 9.09. The van der Waals surface area contributed by atoms with Crippen molar-refractivity contribution < 1.29 is 24.4 Å². The largest absolute Gasteiger partial charge is 0.464 e. The Morgan fingerprint density at radius 2 is 2.04 bits per heavy atom. The molecule has 0 saturated heterocycles. The molecule has 1 aliphatic rings. The van der Waals surface area contributed by atoms with Gasteiger partial charge in [-0.2, -0.15) is 5.10 Å². The van der Waals surface area contributed by atoms with E-state index in [0.717, 1.165) is 0 Å². The normalized spacial score (nSPS) is 21.3. The first-order valence-corrected chi connectivity index (χ1v) is 8.92. The highest BCUT2D eigenvalue weighted by atomic mass is 79.9. The van der Waals surface area contributed by atoms with Gasteiger partial charge in [0.05, 0.1) is 17.4 Å². The number of benzene rings is 1. The van der Waals surface area contributed by atoms with Crippen LogP contribution in [0.1, 0.15) is 25.3 Å². The van der Waals surface area contributed by atoms with Gasteiger partial charge in [0.1, 0.15) is 11.3 Å². The standard InChI is InChI=1S/C16H18BrN3O6/c1-3-26-15(22)13-11(9-4-6-10(7-5-9)20(24)25)12(18-19-13)14(21)16(2,23)8-17/h4-7,11,13,19,23H,3,8H2,1-2H3/t11-,13-,16+/m0/s1. The number of nitrogens with zero attached hydrogens (tertiary/aromatic N) is 2. The monoisotopic (exact) mass is 427 g/mol. The second-order valence-electron chi connectivity index (χ2n) is 5.92. The van der Waals surface area contributed by atoms with E-state index in [-0.39, 0.29) is 23.3 Å². The highest BCUT2D eigenvalue weighted by Crippen LogP contribution is 2.30. The summed E-state index contributed by atoms with van der Waals surface area (Å²) in [6.07, 6.45) is 0. The predicted molar refractivity (Wildman–Crippen MR) is 96.3 cm³/mol. The molecule has 0 spiro atoms. The lowest BCUT2D eigenvalue weighted by molar-refractivity contribution is -0.384. The number of rotatable bonds is 7. The molecule has 0 unspecified atom stereocenters. The van der Waals surface area contributed by atoms with Crippen LogP contribution in [0.3, 0.4) is 0 Å². The van der Waals surface area contributed by atoms with Crippen molar-refractivity contribution in [1.29, 1.82) is 0 Å². The van der Waals surface area contributed by atoms with Crippen LogP contribution in [-0.4, -0.2) is 51.1 Å². The summed E-state index contributed by atoms with van der Waals surface area (Å²) in [5.74, 6) is -2.11. The van der Waals surface area contributed by atoms with Gasteiger partial charge in [0.25, 0.3) is 5.69 Å². The molecule has 0 aliphatic carbocycles. The lowest BCUT2D eigenvalue weighted by Gasteiger charge is -2.23. The van der Waals surface area contributed by atoms with Crippen LogP contribution in [0.25, 0.3) is 0 Å². The van der Waals surface area contributed by atoms with Gasteiger partial charge in [0.2, 0.25) is 5.78 Å². The number of hydrogen-bond donors (Lipinski definition) is 2. The van der Waals surface area contributed by atoms with Gasteiger partial charge in [0, 0.05) is 17.5 Å². The minimum Gasteiger partial charge on any atom is -0.464 e. The number of Topliss-reactive ketones (excluding diaryl/α,β-unsaturated/α-hetero) is 1. The van der Waals surface area contributed by atoms with E-state index in [0.29, 0.717) is 5.56 Å². The third-order valence-corrected chi connectivity index (χ3v) is 5.03. The maximum atomic E-state index is 12.7. The number of ketones is 1. The summed E-state index contributed by atoms with van der Waals surface area (Å²) in [5, 5.41) is 25.0. The molecule has 0 fully saturated rings. The first-order valence-electron chi connectivity index (χ1n) is 7.80. The third kappa shape index (κ3) is 3.91. The van der Waals surface area contributed by atoms with Crippen molar-refractivity contribution >= 4 is 39.1 Å². The Labute approximate surface area is 157 Å². The fourth-order valence-electron chi connectivity index (χ4n) is 2.54. The molecule has 9 nitrogen and oxygen atoms in total. The van der Waals surface area contributed by atoms with E-state index < -0.39 is 34.2 Å². The molecule has 2 N–H and O–H groups in total. The minimum absolute atomic E-state index is 0.0189. The van der Waals surface area contributed by atoms with Gasteiger partial charge in [-0.25, -0.2) is 4.79 Å². The van der Waals surface area contributed by atoms with Crippen LogP contribution in [-0.2, 0) is 14.3 Å². The molecule has 26 heavy (non-hydrogen) atoms. The fraction of sp³-hybridized carbons (Fsp3) is 0.438. The molecule has 0 radical (unpaired) electrons. The maximum absolute atomic E-state index is 12.7. The topological polar surface area (TPSA) is 131 Å². The molecule has 2 rings (SSSR count). The Balaban J connectivity index is 2.43. The molecule has 0 aromatic heterocycles. The van der Waals surface area contributed by atoms with Crippen LogP contribution in [0.2, 0.25) is 0 Å². The van der Waals surface area contributed by atoms with Crippen LogP contribution in [0.4, 0.5) is 5.69 Å². The van der Waals surface area contributed by atoms with Crippen LogP contribution < -0.4 is 5.43 Å². The third-order valence-electron chi connectivity index (χ3n) is 3.94. The van der Waals surface area contributed by atoms with Crippen LogP contribution in [0.15, 0.2) is 29.4 Å². The number of aliphatic hydroxyl groups is 1. The van der Waals surface area contributed by atoms with E-state index in [9.17, 15) is 24.8 Å². The van der Waals surface area contributed by atoms with E-state index in [1.807, 2.05) is 0 Å². The lowest BCUT2D eigenvalue weighted by Crippen LogP contribution is -2.45. The summed E-state index contributed by atoms with van der Waals surface area (Å²) in [6.45, 7) is 3.12. The minimum atomic E-state index is -1.72. The first kappa shape index (κ1) is 20.0.